The van der Waals surface area contributed by atoms with Gasteiger partial charge in [-0.1, -0.05) is 135 Å². The maximum atomic E-state index is 12.6. The molecule has 8 heterocycles. The molecule has 0 radical (unpaired) electrons. The molecule has 8 saturated heterocycles. The number of nitrogens with one attached hydrogen (secondary N) is 2. The van der Waals surface area contributed by atoms with Crippen LogP contribution in [-0.4, -0.2) is 277 Å². The lowest BCUT2D eigenvalue weighted by Crippen LogP contribution is -2.41. The number of rotatable bonds is 19. The summed E-state index contributed by atoms with van der Waals surface area (Å²) in [5.41, 5.74) is 0. The standard InChI is InChI=1S/C9H19NO.C8H16FN.C8H17NO.C8H17N.C7H15NO.3C7H15N.C6H13N.C6H14O3.7CH4/c1-9(2)3-4-10-5-7-11-8-6-10;1-6(2)10-8-4-3-7(9)5-8;1-8(2)7-9-3-5-10-6-4-9;1-8(2)7-9-5-3-4-6-9;1-7(2)8-3-5-9-6-4-8;1-6(2)7-3-4-8-5-7;1-7(2)6-8-4-3-5-8;1-7(2)8-5-3-4-6-8;1-6(2)7-4-3-5-7;1-5(2)9-4-6(8)3-7;;;;;;;/h9H,3-8H2,1-2H3;6-8,10H,3-5H2,1-2H3;8H,3-7H2,1-2H3;8H,3-7H2,1-2H3;7H,3-6H2,1-2H3;6-8H,3-5H2,1-2H3;2*7H,3-6H2,1-2H3;6H,3-5H2,1-2H3;5-8H,3-4H2,1-2H3;7*1H4. The van der Waals surface area contributed by atoms with Crippen molar-refractivity contribution in [3.63, 3.8) is 0 Å². The molecule has 592 valence electrons. The van der Waals surface area contributed by atoms with Crippen molar-refractivity contribution in [2.75, 3.05) is 184 Å². The van der Waals surface area contributed by atoms with Crippen LogP contribution in [0.1, 0.15) is 261 Å². The first kappa shape index (κ1) is 111. The highest BCUT2D eigenvalue weighted by molar-refractivity contribution is 4.81. The maximum Gasteiger partial charge on any atom is 0.102 e. The zero-order chi connectivity index (χ0) is 66.9. The zero-order valence-electron chi connectivity index (χ0n) is 62.7. The van der Waals surface area contributed by atoms with Crippen molar-refractivity contribution in [1.29, 1.82) is 0 Å². The molecule has 4 unspecified atom stereocenters. The molecule has 4 N–H and O–H groups in total. The van der Waals surface area contributed by atoms with E-state index >= 15 is 0 Å². The summed E-state index contributed by atoms with van der Waals surface area (Å²) in [5.74, 6) is 5.16. The minimum absolute atomic E-state index is 0. The van der Waals surface area contributed by atoms with Crippen LogP contribution in [0.15, 0.2) is 0 Å². The Kier molecular flexibility index (Phi) is 82.6. The van der Waals surface area contributed by atoms with Crippen LogP contribution in [0.5, 0.6) is 0 Å². The van der Waals surface area contributed by atoms with E-state index in [-0.39, 0.29) is 71.3 Å². The number of aliphatic hydroxyl groups excluding tert-OH is 2. The van der Waals surface area contributed by atoms with Gasteiger partial charge in [0.25, 0.3) is 0 Å². The van der Waals surface area contributed by atoms with Gasteiger partial charge in [-0.25, -0.2) is 4.39 Å². The summed E-state index contributed by atoms with van der Waals surface area (Å²) < 4.78 is 33.3. The Balaban J connectivity index is -0.000000148. The van der Waals surface area contributed by atoms with Gasteiger partial charge in [-0.05, 0) is 234 Å². The second-order valence-corrected chi connectivity index (χ2v) is 30.1. The number of hydrogen-bond acceptors (Lipinski definition) is 15. The first-order valence-electron chi connectivity index (χ1n) is 37.1. The molecule has 0 aromatic carbocycles. The molecular formula is C80H184FN9O6. The normalized spacial score (nSPS) is 21.5. The van der Waals surface area contributed by atoms with Crippen molar-refractivity contribution >= 4 is 0 Å². The van der Waals surface area contributed by atoms with Gasteiger partial charge in [0.05, 0.1) is 59.0 Å². The van der Waals surface area contributed by atoms with Crippen LogP contribution in [0.25, 0.3) is 0 Å². The Morgan fingerprint density at radius 3 is 1.08 bits per heavy atom. The van der Waals surface area contributed by atoms with Gasteiger partial charge in [-0.15, -0.1) is 0 Å². The van der Waals surface area contributed by atoms with Gasteiger partial charge < -0.3 is 59.4 Å². The van der Waals surface area contributed by atoms with Crippen molar-refractivity contribution in [3.05, 3.63) is 0 Å². The predicted octanol–water partition coefficient (Wildman–Crippen LogP) is 16.1. The molecule has 8 aliphatic heterocycles. The van der Waals surface area contributed by atoms with Crippen LogP contribution in [0.3, 0.4) is 0 Å². The summed E-state index contributed by atoms with van der Waals surface area (Å²) in [7, 11) is 0. The van der Waals surface area contributed by atoms with Crippen molar-refractivity contribution in [2.45, 2.75) is 310 Å². The average molecular weight is 1390 g/mol. The maximum absolute atomic E-state index is 12.6. The largest absolute Gasteiger partial charge is 0.394 e. The highest BCUT2D eigenvalue weighted by atomic mass is 19.1. The molecular weight excluding hydrogens is 1200 g/mol. The summed E-state index contributed by atoms with van der Waals surface area (Å²) in [6.07, 6.45) is 12.6. The molecule has 0 aromatic heterocycles. The average Bonchev–Trinajstić information content (AvgIpc) is 1.63. The van der Waals surface area contributed by atoms with E-state index in [2.05, 4.69) is 170 Å². The Morgan fingerprint density at radius 2 is 0.823 bits per heavy atom. The molecule has 1 saturated carbocycles. The van der Waals surface area contributed by atoms with Crippen LogP contribution in [0.2, 0.25) is 0 Å². The molecule has 96 heavy (non-hydrogen) atoms. The number of nitrogens with zero attached hydrogens (tertiary/aromatic N) is 7. The third kappa shape index (κ3) is 66.6. The number of alkyl halides is 1. The van der Waals surface area contributed by atoms with Crippen LogP contribution in [-0.2, 0) is 18.9 Å². The van der Waals surface area contributed by atoms with Gasteiger partial charge in [-0.3, -0.25) is 14.7 Å². The van der Waals surface area contributed by atoms with Crippen molar-refractivity contribution in [1.82, 2.24) is 44.9 Å². The highest BCUT2D eigenvalue weighted by Gasteiger charge is 2.24. The Bertz CT molecular complexity index is 1450. The molecule has 0 bridgehead atoms. The summed E-state index contributed by atoms with van der Waals surface area (Å²) >= 11 is 0. The fourth-order valence-corrected chi connectivity index (χ4v) is 11.5. The SMILES string of the molecule is C.C.C.C.C.C.C.CC(C)C1CCNC1.CC(C)CCN1CCOCC1.CC(C)CN1CCC1.CC(C)CN1CCCC1.CC(C)CN1CCOCC1.CC(C)N1CCC1.CC(C)N1CCCC1.CC(C)N1CCOCC1.CC(C)NC1CCC(F)C1.CC(C)OCC(O)CO. The van der Waals surface area contributed by atoms with Crippen LogP contribution in [0.4, 0.5) is 4.39 Å². The van der Waals surface area contributed by atoms with E-state index in [0.717, 1.165) is 146 Å². The second kappa shape index (κ2) is 71.3. The van der Waals surface area contributed by atoms with Gasteiger partial charge >= 0.3 is 0 Å². The Hall–Kier alpha value is -0.670. The lowest BCUT2D eigenvalue weighted by molar-refractivity contribution is -0.0167. The molecule has 0 spiro atoms. The van der Waals surface area contributed by atoms with Gasteiger partial charge in [0, 0.05) is 89.1 Å². The molecule has 4 atom stereocenters. The van der Waals surface area contributed by atoms with Gasteiger partial charge in [0.1, 0.15) is 12.3 Å². The molecule has 0 aromatic rings. The Labute approximate surface area is 604 Å². The fourth-order valence-electron chi connectivity index (χ4n) is 11.5. The molecule has 9 aliphatic rings. The lowest BCUT2D eigenvalue weighted by atomic mass is 9.96. The van der Waals surface area contributed by atoms with Crippen LogP contribution in [0, 0.1) is 35.5 Å². The molecule has 9 rings (SSSR count). The monoisotopic (exact) mass is 1390 g/mol. The third-order valence-electron chi connectivity index (χ3n) is 17.3. The first-order chi connectivity index (χ1) is 42.2. The number of likely N-dealkylation sites (tertiary alicyclic amines) is 4. The number of hydrogen-bond donors (Lipinski definition) is 4. The Morgan fingerprint density at radius 1 is 0.458 bits per heavy atom. The van der Waals surface area contributed by atoms with E-state index < -0.39 is 12.3 Å². The van der Waals surface area contributed by atoms with E-state index in [1.807, 2.05) is 13.8 Å². The van der Waals surface area contributed by atoms with E-state index in [4.69, 9.17) is 29.2 Å². The molecule has 9 fully saturated rings. The summed E-state index contributed by atoms with van der Waals surface area (Å²) in [6, 6.07) is 3.19. The van der Waals surface area contributed by atoms with Crippen LogP contribution >= 0.6 is 0 Å². The number of ether oxygens (including phenoxy) is 4. The lowest BCUT2D eigenvalue weighted by Gasteiger charge is -2.34. The molecule has 0 amide bonds. The second-order valence-electron chi connectivity index (χ2n) is 30.1. The van der Waals surface area contributed by atoms with Gasteiger partial charge in [-0.2, -0.15) is 0 Å². The summed E-state index contributed by atoms with van der Waals surface area (Å²) in [4.78, 5) is 17.5. The minimum atomic E-state index is -0.729. The smallest absolute Gasteiger partial charge is 0.102 e. The van der Waals surface area contributed by atoms with Crippen molar-refractivity contribution in [3.8, 4) is 0 Å². The van der Waals surface area contributed by atoms with Crippen molar-refractivity contribution < 1.29 is 33.6 Å². The van der Waals surface area contributed by atoms with Crippen molar-refractivity contribution in [2.24, 2.45) is 35.5 Å². The minimum Gasteiger partial charge on any atom is -0.394 e. The highest BCUT2D eigenvalue weighted by Crippen LogP contribution is 2.22. The van der Waals surface area contributed by atoms with E-state index in [0.29, 0.717) is 18.1 Å². The number of aliphatic hydroxyl groups is 2. The first-order valence-corrected chi connectivity index (χ1v) is 37.1. The molecule has 15 nitrogen and oxygen atoms in total. The van der Waals surface area contributed by atoms with E-state index in [1.54, 1.807) is 0 Å². The predicted molar refractivity (Wildman–Crippen MR) is 428 cm³/mol. The van der Waals surface area contributed by atoms with Gasteiger partial charge in [0.15, 0.2) is 0 Å². The summed E-state index contributed by atoms with van der Waals surface area (Å²) in [6.45, 7) is 74.8. The number of morpholine rings is 3. The molecule has 1 aliphatic carbocycles. The zero-order valence-corrected chi connectivity index (χ0v) is 62.7. The van der Waals surface area contributed by atoms with E-state index in [9.17, 15) is 4.39 Å². The quantitative estimate of drug-likeness (QED) is 0.0980. The molecule has 16 heteroatoms. The van der Waals surface area contributed by atoms with E-state index in [1.165, 1.54) is 143 Å². The van der Waals surface area contributed by atoms with Gasteiger partial charge in [0.2, 0.25) is 0 Å². The number of halogens is 1. The van der Waals surface area contributed by atoms with Crippen LogP contribution < -0.4 is 10.6 Å². The summed E-state index contributed by atoms with van der Waals surface area (Å²) in [5, 5.41) is 23.7. The fraction of sp³-hybridized carbons (Fsp3) is 1.00. The topological polar surface area (TPSA) is 124 Å². The third-order valence-corrected chi connectivity index (χ3v) is 17.3.